The van der Waals surface area contributed by atoms with Crippen molar-refractivity contribution in [2.24, 2.45) is 5.73 Å². The number of phosphoric acid groups is 1. The Hall–Kier alpha value is -2.26. The van der Waals surface area contributed by atoms with Crippen LogP contribution in [0.2, 0.25) is 0 Å². The number of aliphatic hydroxyl groups excluding tert-OH is 1. The molecule has 0 aliphatic rings. The minimum absolute atomic E-state index is 0.0706. The number of rotatable bonds is 38. The van der Waals surface area contributed by atoms with Crippen molar-refractivity contribution in [3.8, 4) is 0 Å². The first kappa shape index (κ1) is 50.7. The fraction of sp³-hybridized carbons (Fsp3) is 0.698. The molecule has 0 saturated heterocycles. The molecule has 306 valence electrons. The van der Waals surface area contributed by atoms with Gasteiger partial charge in [0.1, 0.15) is 6.61 Å². The van der Waals surface area contributed by atoms with E-state index in [-0.39, 0.29) is 32.8 Å². The quantitative estimate of drug-likeness (QED) is 0.0140. The lowest BCUT2D eigenvalue weighted by atomic mass is 10.1. The molecule has 0 aliphatic heterocycles. The lowest BCUT2D eigenvalue weighted by Crippen LogP contribution is -2.25. The van der Waals surface area contributed by atoms with Crippen LogP contribution >= 0.6 is 7.82 Å². The van der Waals surface area contributed by atoms with E-state index in [4.69, 9.17) is 24.3 Å². The van der Waals surface area contributed by atoms with Crippen molar-refractivity contribution in [2.75, 3.05) is 26.4 Å². The second kappa shape index (κ2) is 39.4. The number of phosphoric ester groups is 1. The van der Waals surface area contributed by atoms with E-state index in [0.29, 0.717) is 12.8 Å². The summed E-state index contributed by atoms with van der Waals surface area (Å²) in [5.41, 5.74) is 5.35. The van der Waals surface area contributed by atoms with Gasteiger partial charge in [-0.1, -0.05) is 132 Å². The van der Waals surface area contributed by atoms with Gasteiger partial charge in [0.2, 0.25) is 0 Å². The number of nitrogens with two attached hydrogens (primary N) is 1. The molecule has 0 spiro atoms. The molecule has 0 aromatic heterocycles. The van der Waals surface area contributed by atoms with Crippen LogP contribution in [-0.4, -0.2) is 54.5 Å². The molecule has 0 aromatic rings. The summed E-state index contributed by atoms with van der Waals surface area (Å²) in [4.78, 5) is 22.3. The van der Waals surface area contributed by atoms with Gasteiger partial charge in [0, 0.05) is 13.0 Å². The summed E-state index contributed by atoms with van der Waals surface area (Å²) in [5, 5.41) is 10.2. The summed E-state index contributed by atoms with van der Waals surface area (Å²) in [6.07, 6.45) is 46.2. The molecule has 0 bridgehead atoms. The van der Waals surface area contributed by atoms with Crippen molar-refractivity contribution in [3.05, 3.63) is 73.1 Å². The summed E-state index contributed by atoms with van der Waals surface area (Å²) in [7, 11) is -4.32. The molecule has 53 heavy (non-hydrogen) atoms. The van der Waals surface area contributed by atoms with Crippen molar-refractivity contribution in [3.63, 3.8) is 0 Å². The fourth-order valence-corrected chi connectivity index (χ4v) is 5.90. The molecular weight excluding hydrogens is 689 g/mol. The van der Waals surface area contributed by atoms with Crippen molar-refractivity contribution in [2.45, 2.75) is 167 Å². The average molecular weight is 766 g/mol. The van der Waals surface area contributed by atoms with E-state index in [1.54, 1.807) is 6.08 Å². The van der Waals surface area contributed by atoms with Crippen molar-refractivity contribution < 1.29 is 37.9 Å². The highest BCUT2D eigenvalue weighted by Crippen LogP contribution is 2.43. The highest BCUT2D eigenvalue weighted by molar-refractivity contribution is 7.47. The van der Waals surface area contributed by atoms with Crippen molar-refractivity contribution in [1.82, 2.24) is 0 Å². The Morgan fingerprint density at radius 2 is 1.23 bits per heavy atom. The number of allylic oxidation sites excluding steroid dienone is 10. The zero-order valence-corrected chi connectivity index (χ0v) is 34.2. The Balaban J connectivity index is 4.34. The van der Waals surface area contributed by atoms with Crippen LogP contribution < -0.4 is 5.73 Å². The summed E-state index contributed by atoms with van der Waals surface area (Å²) < 4.78 is 33.0. The first-order chi connectivity index (χ1) is 25.8. The lowest BCUT2D eigenvalue weighted by Gasteiger charge is -2.19. The molecule has 0 fully saturated rings. The number of aliphatic hydroxyl groups is 1. The normalized spacial score (nSPS) is 14.8. The number of carbonyl (C=O) groups excluding carboxylic acids is 1. The van der Waals surface area contributed by atoms with Gasteiger partial charge >= 0.3 is 13.8 Å². The summed E-state index contributed by atoms with van der Waals surface area (Å²) in [5.74, 6) is -0.453. The van der Waals surface area contributed by atoms with Crippen LogP contribution in [0.5, 0.6) is 0 Å². The molecular formula is C43H76NO8P. The van der Waals surface area contributed by atoms with E-state index < -0.39 is 26.0 Å². The number of carbonyl (C=O) groups is 1. The topological polar surface area (TPSA) is 138 Å². The van der Waals surface area contributed by atoms with Gasteiger partial charge in [-0.3, -0.25) is 13.8 Å². The Kier molecular flexibility index (Phi) is 37.8. The minimum Gasteiger partial charge on any atom is -0.492 e. The van der Waals surface area contributed by atoms with Gasteiger partial charge in [-0.25, -0.2) is 4.57 Å². The average Bonchev–Trinajstić information content (AvgIpc) is 3.14. The molecule has 4 N–H and O–H groups in total. The maximum atomic E-state index is 12.4. The third-order valence-corrected chi connectivity index (χ3v) is 9.27. The van der Waals surface area contributed by atoms with Gasteiger partial charge in [0.15, 0.2) is 6.10 Å². The van der Waals surface area contributed by atoms with E-state index in [0.717, 1.165) is 38.5 Å². The number of hydrogen-bond donors (Lipinski definition) is 3. The summed E-state index contributed by atoms with van der Waals surface area (Å²) >= 11 is 0. The number of hydrogen-bond acceptors (Lipinski definition) is 8. The number of ether oxygens (including phenoxy) is 2. The molecule has 0 saturated carbocycles. The van der Waals surface area contributed by atoms with Crippen LogP contribution in [0.1, 0.15) is 155 Å². The maximum Gasteiger partial charge on any atom is 0.472 e. The molecule has 3 atom stereocenters. The molecule has 0 rings (SSSR count). The second-order valence-electron chi connectivity index (χ2n) is 13.4. The Morgan fingerprint density at radius 1 is 0.679 bits per heavy atom. The summed E-state index contributed by atoms with van der Waals surface area (Å²) in [6, 6.07) is 0. The van der Waals surface area contributed by atoms with Crippen LogP contribution in [0.25, 0.3) is 0 Å². The first-order valence-corrected chi connectivity index (χ1v) is 22.1. The van der Waals surface area contributed by atoms with E-state index in [1.807, 2.05) is 24.3 Å². The first-order valence-electron chi connectivity index (χ1n) is 20.6. The zero-order valence-electron chi connectivity index (χ0n) is 33.3. The third-order valence-electron chi connectivity index (χ3n) is 8.29. The van der Waals surface area contributed by atoms with Crippen molar-refractivity contribution >= 4 is 13.8 Å². The van der Waals surface area contributed by atoms with Gasteiger partial charge in [0.25, 0.3) is 0 Å². The predicted molar refractivity (Wildman–Crippen MR) is 220 cm³/mol. The lowest BCUT2D eigenvalue weighted by molar-refractivity contribution is -0.147. The zero-order chi connectivity index (χ0) is 38.9. The molecule has 0 aromatic carbocycles. The van der Waals surface area contributed by atoms with Gasteiger partial charge in [-0.15, -0.1) is 0 Å². The highest BCUT2D eigenvalue weighted by Gasteiger charge is 2.24. The highest BCUT2D eigenvalue weighted by atomic mass is 31.2. The largest absolute Gasteiger partial charge is 0.492 e. The van der Waals surface area contributed by atoms with Gasteiger partial charge in [0.05, 0.1) is 25.6 Å². The van der Waals surface area contributed by atoms with Gasteiger partial charge in [-0.2, -0.15) is 0 Å². The second-order valence-corrected chi connectivity index (χ2v) is 14.9. The Morgan fingerprint density at radius 3 is 1.89 bits per heavy atom. The fourth-order valence-electron chi connectivity index (χ4n) is 5.14. The summed E-state index contributed by atoms with van der Waals surface area (Å²) in [6.45, 7) is 3.92. The molecule has 0 heterocycles. The Labute approximate surface area is 323 Å². The molecule has 0 aliphatic carbocycles. The van der Waals surface area contributed by atoms with E-state index in [1.165, 1.54) is 89.7 Å². The molecule has 0 radical (unpaired) electrons. The SMILES string of the molecule is CCCCC/C=C\C/C=C\C/C=C\C=C\[C@@H](O)CCCC(=O)OC[C@H](COP(=O)(O)OCCN)O/C=C/CCCCCCCC/C=C\CCCCCC. The van der Waals surface area contributed by atoms with Crippen LogP contribution in [0.3, 0.4) is 0 Å². The van der Waals surface area contributed by atoms with Crippen LogP contribution in [0, 0.1) is 0 Å². The standard InChI is InChI=1S/C43H76NO8P/c1-3-5-7-9-11-13-15-17-18-19-21-23-25-27-29-31-37-49-42(40-52-53(47,48)51-38-36-44)39-50-43(46)35-32-34-41(45)33-30-28-26-24-22-20-16-14-12-10-8-6-4-2/h12-15,20,22,26,28,30-31,33,37,41-42,45H,3-11,16-19,21,23-25,27,29,32,34-36,38-40,44H2,1-2H3,(H,47,48)/b14-12-,15-13-,22-20-,28-26-,33-30+,37-31+/t41-,42-/m1/s1. The van der Waals surface area contributed by atoms with Crippen LogP contribution in [0.15, 0.2) is 73.1 Å². The molecule has 1 unspecified atom stereocenters. The number of esters is 1. The maximum absolute atomic E-state index is 12.4. The smallest absolute Gasteiger partial charge is 0.472 e. The third kappa shape index (κ3) is 39.3. The van der Waals surface area contributed by atoms with E-state index in [2.05, 4.69) is 50.3 Å². The van der Waals surface area contributed by atoms with Gasteiger partial charge in [-0.05, 0) is 83.1 Å². The van der Waals surface area contributed by atoms with Crippen LogP contribution in [-0.2, 0) is 27.9 Å². The molecule has 10 heteroatoms. The van der Waals surface area contributed by atoms with E-state index in [9.17, 15) is 19.4 Å². The molecule has 9 nitrogen and oxygen atoms in total. The predicted octanol–water partition coefficient (Wildman–Crippen LogP) is 11.3. The monoisotopic (exact) mass is 766 g/mol. The minimum atomic E-state index is -4.32. The Bertz CT molecular complexity index is 1050. The number of unbranched alkanes of at least 4 members (excludes halogenated alkanes) is 14. The van der Waals surface area contributed by atoms with Crippen LogP contribution in [0.4, 0.5) is 0 Å². The van der Waals surface area contributed by atoms with E-state index >= 15 is 0 Å². The molecule has 0 amide bonds. The van der Waals surface area contributed by atoms with Crippen molar-refractivity contribution in [1.29, 1.82) is 0 Å². The van der Waals surface area contributed by atoms with Gasteiger partial charge < -0.3 is 25.2 Å².